The lowest BCUT2D eigenvalue weighted by Crippen LogP contribution is -2.05. The third-order valence-corrected chi connectivity index (χ3v) is 3.27. The van der Waals surface area contributed by atoms with Crippen molar-refractivity contribution >= 4 is 17.0 Å². The number of hydrogen-bond acceptors (Lipinski definition) is 5. The van der Waals surface area contributed by atoms with Crippen LogP contribution in [0.25, 0.3) is 0 Å². The fourth-order valence-electron chi connectivity index (χ4n) is 1.57. The van der Waals surface area contributed by atoms with Gasteiger partial charge in [0.25, 0.3) is 0 Å². The molecule has 2 aromatic rings. The number of aryl methyl sites for hydroxylation is 1. The van der Waals surface area contributed by atoms with Crippen LogP contribution in [0, 0.1) is 6.92 Å². The highest BCUT2D eigenvalue weighted by Crippen LogP contribution is 2.25. The number of pyridine rings is 1. The van der Waals surface area contributed by atoms with E-state index in [9.17, 15) is 10.2 Å². The summed E-state index contributed by atoms with van der Waals surface area (Å²) in [6.07, 6.45) is 1.60. The molecular weight excluding hydrogens is 236 g/mol. The van der Waals surface area contributed by atoms with E-state index >= 15 is 0 Å². The van der Waals surface area contributed by atoms with Gasteiger partial charge in [-0.2, -0.15) is 11.3 Å². The van der Waals surface area contributed by atoms with Crippen LogP contribution in [0.15, 0.2) is 23.0 Å². The number of nitrogens with zero attached hydrogens (tertiary/aromatic N) is 1. The van der Waals surface area contributed by atoms with Crippen LogP contribution in [0.5, 0.6) is 5.75 Å². The number of nitrogens with one attached hydrogen (secondary N) is 1. The van der Waals surface area contributed by atoms with Crippen molar-refractivity contribution in [1.29, 1.82) is 0 Å². The number of thiophene rings is 1. The van der Waals surface area contributed by atoms with E-state index in [1.54, 1.807) is 24.5 Å². The van der Waals surface area contributed by atoms with Crippen LogP contribution in [0.3, 0.4) is 0 Å². The predicted octanol–water partition coefficient (Wildman–Crippen LogP) is 2.26. The monoisotopic (exact) mass is 250 g/mol. The van der Waals surface area contributed by atoms with E-state index in [2.05, 4.69) is 10.3 Å². The van der Waals surface area contributed by atoms with Gasteiger partial charge in [0.2, 0.25) is 0 Å². The molecule has 0 spiro atoms. The fraction of sp³-hybridized carbons (Fsp3) is 0.250. The van der Waals surface area contributed by atoms with Crippen LogP contribution in [-0.4, -0.2) is 15.2 Å². The molecule has 0 atom stereocenters. The Morgan fingerprint density at radius 2 is 2.29 bits per heavy atom. The molecular formula is C12H14N2O2S. The lowest BCUT2D eigenvalue weighted by Gasteiger charge is -2.12. The molecule has 5 heteroatoms. The number of aromatic hydroxyl groups is 1. The Morgan fingerprint density at radius 3 is 2.94 bits per heavy atom. The maximum absolute atomic E-state index is 9.93. The molecule has 0 amide bonds. The zero-order chi connectivity index (χ0) is 12.3. The number of aromatic nitrogens is 1. The molecule has 3 N–H and O–H groups in total. The summed E-state index contributed by atoms with van der Waals surface area (Å²) in [6, 6.07) is 1.97. The van der Waals surface area contributed by atoms with Gasteiger partial charge < -0.3 is 15.5 Å². The van der Waals surface area contributed by atoms with Crippen LogP contribution in [-0.2, 0) is 13.2 Å². The van der Waals surface area contributed by atoms with E-state index in [0.29, 0.717) is 23.4 Å². The molecule has 2 rings (SSSR count). The van der Waals surface area contributed by atoms with Crippen molar-refractivity contribution in [2.24, 2.45) is 0 Å². The minimum atomic E-state index is -0.124. The van der Waals surface area contributed by atoms with Gasteiger partial charge in [-0.05, 0) is 18.4 Å². The van der Waals surface area contributed by atoms with Crippen molar-refractivity contribution in [3.63, 3.8) is 0 Å². The lowest BCUT2D eigenvalue weighted by molar-refractivity contribution is 0.279. The highest BCUT2D eigenvalue weighted by Gasteiger charge is 2.10. The van der Waals surface area contributed by atoms with Crippen LogP contribution in [0.2, 0.25) is 0 Å². The van der Waals surface area contributed by atoms with E-state index < -0.39 is 0 Å². The summed E-state index contributed by atoms with van der Waals surface area (Å²) in [6.45, 7) is 2.09. The summed E-state index contributed by atoms with van der Waals surface area (Å²) < 4.78 is 0. The average molecular weight is 250 g/mol. The average Bonchev–Trinajstić information content (AvgIpc) is 2.84. The van der Waals surface area contributed by atoms with Crippen molar-refractivity contribution in [3.8, 4) is 5.75 Å². The Morgan fingerprint density at radius 1 is 1.47 bits per heavy atom. The summed E-state index contributed by atoms with van der Waals surface area (Å²) in [5.41, 5.74) is 2.93. The van der Waals surface area contributed by atoms with Crippen LogP contribution in [0.4, 0.5) is 5.69 Å². The van der Waals surface area contributed by atoms with Gasteiger partial charge in [0, 0.05) is 34.9 Å². The molecule has 0 aliphatic carbocycles. The third-order valence-electron chi connectivity index (χ3n) is 2.59. The summed E-state index contributed by atoms with van der Waals surface area (Å²) in [5, 5.41) is 26.3. The van der Waals surface area contributed by atoms with Crippen LogP contribution < -0.4 is 5.32 Å². The number of anilines is 1. The summed E-state index contributed by atoms with van der Waals surface area (Å²) in [7, 11) is 0. The minimum absolute atomic E-state index is 0.124. The number of aliphatic hydroxyl groups excluding tert-OH is 1. The Labute approximate surface area is 104 Å². The van der Waals surface area contributed by atoms with Crippen LogP contribution in [0.1, 0.15) is 16.8 Å². The topological polar surface area (TPSA) is 65.4 Å². The van der Waals surface area contributed by atoms with E-state index in [1.165, 1.54) is 0 Å². The molecule has 0 aromatic carbocycles. The number of aliphatic hydroxyl groups is 1. The van der Waals surface area contributed by atoms with Gasteiger partial charge in [0.05, 0.1) is 12.3 Å². The second-order valence-electron chi connectivity index (χ2n) is 3.72. The van der Waals surface area contributed by atoms with Crippen LogP contribution >= 0.6 is 11.3 Å². The Hall–Kier alpha value is -1.59. The molecule has 4 nitrogen and oxygen atoms in total. The molecule has 0 saturated heterocycles. The van der Waals surface area contributed by atoms with Gasteiger partial charge in [0.15, 0.2) is 0 Å². The van der Waals surface area contributed by atoms with E-state index in [4.69, 9.17) is 0 Å². The standard InChI is InChI=1S/C12H14N2O2S/c1-8-12(16)11(9(6-15)4-13-8)5-14-10-2-3-17-7-10/h2-4,7,14-16H,5-6H2,1H3. The fourth-order valence-corrected chi connectivity index (χ4v) is 2.19. The Balaban J connectivity index is 2.21. The SMILES string of the molecule is Cc1ncc(CO)c(CNc2ccsc2)c1O. The Kier molecular flexibility index (Phi) is 3.61. The van der Waals surface area contributed by atoms with E-state index in [0.717, 1.165) is 5.69 Å². The van der Waals surface area contributed by atoms with E-state index in [-0.39, 0.29) is 12.4 Å². The zero-order valence-electron chi connectivity index (χ0n) is 9.47. The first-order valence-electron chi connectivity index (χ1n) is 5.25. The van der Waals surface area contributed by atoms with Gasteiger partial charge in [-0.3, -0.25) is 4.98 Å². The summed E-state index contributed by atoms with van der Waals surface area (Å²) in [5.74, 6) is 0.152. The van der Waals surface area contributed by atoms with Crippen molar-refractivity contribution < 1.29 is 10.2 Å². The summed E-state index contributed by atoms with van der Waals surface area (Å²) >= 11 is 1.61. The summed E-state index contributed by atoms with van der Waals surface area (Å²) in [4.78, 5) is 4.02. The lowest BCUT2D eigenvalue weighted by atomic mass is 10.1. The predicted molar refractivity (Wildman–Crippen MR) is 68.2 cm³/mol. The van der Waals surface area contributed by atoms with Gasteiger partial charge >= 0.3 is 0 Å². The maximum Gasteiger partial charge on any atom is 0.142 e. The molecule has 90 valence electrons. The normalized spacial score (nSPS) is 10.5. The number of rotatable bonds is 4. The molecule has 0 aliphatic heterocycles. The molecule has 0 radical (unpaired) electrons. The van der Waals surface area contributed by atoms with E-state index in [1.807, 2.05) is 16.8 Å². The first-order valence-corrected chi connectivity index (χ1v) is 6.20. The highest BCUT2D eigenvalue weighted by molar-refractivity contribution is 7.08. The molecule has 0 bridgehead atoms. The number of hydrogen-bond donors (Lipinski definition) is 3. The van der Waals surface area contributed by atoms with Gasteiger partial charge in [0.1, 0.15) is 5.75 Å². The first-order chi connectivity index (χ1) is 8.22. The second kappa shape index (κ2) is 5.16. The third kappa shape index (κ3) is 2.57. The highest BCUT2D eigenvalue weighted by atomic mass is 32.1. The first kappa shape index (κ1) is 11.9. The molecule has 0 fully saturated rings. The smallest absolute Gasteiger partial charge is 0.142 e. The zero-order valence-corrected chi connectivity index (χ0v) is 10.3. The van der Waals surface area contributed by atoms with Gasteiger partial charge in [-0.25, -0.2) is 0 Å². The Bertz CT molecular complexity index is 497. The van der Waals surface area contributed by atoms with Crippen molar-refractivity contribution in [2.75, 3.05) is 5.32 Å². The molecule has 2 heterocycles. The largest absolute Gasteiger partial charge is 0.506 e. The van der Waals surface area contributed by atoms with Crippen molar-refractivity contribution in [2.45, 2.75) is 20.1 Å². The molecule has 0 aliphatic rings. The van der Waals surface area contributed by atoms with Crippen molar-refractivity contribution in [3.05, 3.63) is 39.8 Å². The molecule has 0 unspecified atom stereocenters. The maximum atomic E-state index is 9.93. The molecule has 0 saturated carbocycles. The molecule has 2 aromatic heterocycles. The second-order valence-corrected chi connectivity index (χ2v) is 4.50. The van der Waals surface area contributed by atoms with Crippen molar-refractivity contribution in [1.82, 2.24) is 4.98 Å². The molecule has 17 heavy (non-hydrogen) atoms. The van der Waals surface area contributed by atoms with Gasteiger partial charge in [-0.1, -0.05) is 0 Å². The minimum Gasteiger partial charge on any atom is -0.506 e. The quantitative estimate of drug-likeness (QED) is 0.778. The van der Waals surface area contributed by atoms with Gasteiger partial charge in [-0.15, -0.1) is 0 Å².